The first-order valence-corrected chi connectivity index (χ1v) is 4.31. The molecule has 0 saturated carbocycles. The van der Waals surface area contributed by atoms with Crippen molar-refractivity contribution in [3.63, 3.8) is 0 Å². The van der Waals surface area contributed by atoms with Crippen LogP contribution in [0.4, 0.5) is 0 Å². The van der Waals surface area contributed by atoms with E-state index in [1.165, 1.54) is 6.08 Å². The Labute approximate surface area is 74.6 Å². The van der Waals surface area contributed by atoms with Crippen LogP contribution in [-0.4, -0.2) is 12.6 Å². The smallest absolute Gasteiger partial charge is 0.330 e. The number of hydrogen-bond acceptors (Lipinski definition) is 2. The molecule has 0 aliphatic rings. The highest BCUT2D eigenvalue weighted by atomic mass is 16.5. The molecule has 0 bridgehead atoms. The summed E-state index contributed by atoms with van der Waals surface area (Å²) in [4.78, 5) is 10.9. The molecule has 2 nitrogen and oxygen atoms in total. The fourth-order valence-corrected chi connectivity index (χ4v) is 0.569. The maximum atomic E-state index is 10.9. The zero-order valence-corrected chi connectivity index (χ0v) is 8.39. The van der Waals surface area contributed by atoms with E-state index in [4.69, 9.17) is 4.74 Å². The summed E-state index contributed by atoms with van der Waals surface area (Å²) in [6.45, 7) is 8.60. The molecule has 0 unspecified atom stereocenters. The Hall–Kier alpha value is -0.790. The van der Waals surface area contributed by atoms with Crippen LogP contribution in [-0.2, 0) is 9.53 Å². The lowest BCUT2D eigenvalue weighted by Gasteiger charge is -2.10. The molecule has 0 radical (unpaired) electrons. The van der Waals surface area contributed by atoms with Gasteiger partial charge in [-0.1, -0.05) is 33.8 Å². The van der Waals surface area contributed by atoms with Crippen LogP contribution < -0.4 is 0 Å². The Morgan fingerprint density at radius 3 is 2.42 bits per heavy atom. The van der Waals surface area contributed by atoms with Crippen LogP contribution in [0.15, 0.2) is 12.2 Å². The molecule has 0 saturated heterocycles. The average Bonchev–Trinajstić information content (AvgIpc) is 1.95. The van der Waals surface area contributed by atoms with Gasteiger partial charge in [0, 0.05) is 6.08 Å². The Bertz CT molecular complexity index is 163. The molecule has 12 heavy (non-hydrogen) atoms. The van der Waals surface area contributed by atoms with Crippen molar-refractivity contribution in [2.45, 2.75) is 34.1 Å². The fourth-order valence-electron chi connectivity index (χ4n) is 0.569. The molecule has 0 rings (SSSR count). The minimum Gasteiger partial charge on any atom is -0.463 e. The molecule has 2 heteroatoms. The number of carbonyl (C=O) groups is 1. The van der Waals surface area contributed by atoms with Gasteiger partial charge in [0.05, 0.1) is 6.61 Å². The molecule has 0 aliphatic heterocycles. The van der Waals surface area contributed by atoms with Crippen molar-refractivity contribution < 1.29 is 9.53 Å². The van der Waals surface area contributed by atoms with Crippen molar-refractivity contribution in [2.75, 3.05) is 6.61 Å². The second-order valence-electron chi connectivity index (χ2n) is 3.87. The summed E-state index contributed by atoms with van der Waals surface area (Å²) < 4.78 is 4.86. The Morgan fingerprint density at radius 2 is 2.00 bits per heavy atom. The minimum absolute atomic E-state index is 0.0469. The van der Waals surface area contributed by atoms with Gasteiger partial charge >= 0.3 is 5.97 Å². The molecule has 0 aromatic heterocycles. The van der Waals surface area contributed by atoms with E-state index in [1.54, 1.807) is 0 Å². The van der Waals surface area contributed by atoms with Gasteiger partial charge in [0.1, 0.15) is 0 Å². The van der Waals surface area contributed by atoms with Gasteiger partial charge < -0.3 is 4.74 Å². The first kappa shape index (κ1) is 11.2. The lowest BCUT2D eigenvalue weighted by molar-refractivity contribution is -0.137. The Morgan fingerprint density at radius 1 is 1.42 bits per heavy atom. The van der Waals surface area contributed by atoms with Crippen molar-refractivity contribution in [3.05, 3.63) is 12.2 Å². The maximum absolute atomic E-state index is 10.9. The van der Waals surface area contributed by atoms with Crippen molar-refractivity contribution in [3.8, 4) is 0 Å². The number of ether oxygens (including phenoxy) is 1. The lowest BCUT2D eigenvalue weighted by atomic mass is 9.96. The summed E-state index contributed by atoms with van der Waals surface area (Å²) in [6, 6.07) is 0. The number of hydrogen-bond donors (Lipinski definition) is 0. The number of carbonyl (C=O) groups excluding carboxylic acids is 1. The van der Waals surface area contributed by atoms with E-state index in [1.807, 2.05) is 33.8 Å². The van der Waals surface area contributed by atoms with Crippen molar-refractivity contribution in [1.29, 1.82) is 0 Å². The molecule has 0 atom stereocenters. The third kappa shape index (κ3) is 7.32. The van der Waals surface area contributed by atoms with Crippen LogP contribution in [0.5, 0.6) is 0 Å². The second-order valence-corrected chi connectivity index (χ2v) is 3.87. The molecule has 0 amide bonds. The molecular formula is C10H18O2. The first-order valence-electron chi connectivity index (χ1n) is 4.31. The van der Waals surface area contributed by atoms with Gasteiger partial charge in [-0.3, -0.25) is 0 Å². The lowest BCUT2D eigenvalue weighted by Crippen LogP contribution is -2.05. The van der Waals surface area contributed by atoms with Crippen LogP contribution in [0, 0.1) is 5.41 Å². The van der Waals surface area contributed by atoms with Gasteiger partial charge in [-0.05, 0) is 11.8 Å². The topological polar surface area (TPSA) is 26.3 Å². The summed E-state index contributed by atoms with van der Waals surface area (Å²) in [5, 5.41) is 0. The fraction of sp³-hybridized carbons (Fsp3) is 0.700. The van der Waals surface area contributed by atoms with Gasteiger partial charge in [-0.2, -0.15) is 0 Å². The monoisotopic (exact) mass is 170 g/mol. The predicted molar refractivity (Wildman–Crippen MR) is 49.8 cm³/mol. The van der Waals surface area contributed by atoms with Gasteiger partial charge in [-0.25, -0.2) is 4.79 Å². The maximum Gasteiger partial charge on any atom is 0.330 e. The first-order chi connectivity index (χ1) is 5.45. The molecule has 0 aliphatic carbocycles. The SMILES string of the molecule is CCCOC(=O)/C=C/C(C)(C)C. The summed E-state index contributed by atoms with van der Waals surface area (Å²) in [5.41, 5.74) is 0.0469. The largest absolute Gasteiger partial charge is 0.463 e. The third-order valence-electron chi connectivity index (χ3n) is 1.17. The summed E-state index contributed by atoms with van der Waals surface area (Å²) in [5.74, 6) is -0.244. The van der Waals surface area contributed by atoms with E-state index in [2.05, 4.69) is 0 Å². The molecule has 0 spiro atoms. The Balaban J connectivity index is 3.76. The van der Waals surface area contributed by atoms with E-state index >= 15 is 0 Å². The average molecular weight is 170 g/mol. The van der Waals surface area contributed by atoms with E-state index in [9.17, 15) is 4.79 Å². The quantitative estimate of drug-likeness (QED) is 0.480. The molecule has 0 fully saturated rings. The van der Waals surface area contributed by atoms with Crippen LogP contribution in [0.2, 0.25) is 0 Å². The molecular weight excluding hydrogens is 152 g/mol. The Kier molecular flexibility index (Phi) is 4.64. The van der Waals surface area contributed by atoms with E-state index < -0.39 is 0 Å². The summed E-state index contributed by atoms with van der Waals surface area (Å²) >= 11 is 0. The second kappa shape index (κ2) is 4.96. The van der Waals surface area contributed by atoms with Crippen LogP contribution in [0.3, 0.4) is 0 Å². The molecule has 70 valence electrons. The van der Waals surface area contributed by atoms with Gasteiger partial charge in [0.25, 0.3) is 0 Å². The standard InChI is InChI=1S/C10H18O2/c1-5-8-12-9(11)6-7-10(2,3)4/h6-7H,5,8H2,1-4H3/b7-6+. The van der Waals surface area contributed by atoms with Crippen LogP contribution in [0.25, 0.3) is 0 Å². The van der Waals surface area contributed by atoms with Crippen molar-refractivity contribution in [2.24, 2.45) is 5.41 Å². The molecule has 0 N–H and O–H groups in total. The highest BCUT2D eigenvalue weighted by Crippen LogP contribution is 2.14. The normalized spacial score (nSPS) is 12.0. The third-order valence-corrected chi connectivity index (χ3v) is 1.17. The van der Waals surface area contributed by atoms with Crippen molar-refractivity contribution >= 4 is 5.97 Å². The van der Waals surface area contributed by atoms with Gasteiger partial charge in [-0.15, -0.1) is 0 Å². The number of rotatable bonds is 3. The number of allylic oxidation sites excluding steroid dienone is 1. The van der Waals surface area contributed by atoms with Crippen LogP contribution >= 0.6 is 0 Å². The predicted octanol–water partition coefficient (Wildman–Crippen LogP) is 2.54. The molecule has 0 aromatic rings. The zero-order chi connectivity index (χ0) is 9.61. The van der Waals surface area contributed by atoms with E-state index in [-0.39, 0.29) is 11.4 Å². The van der Waals surface area contributed by atoms with Crippen molar-refractivity contribution in [1.82, 2.24) is 0 Å². The molecule has 0 heterocycles. The number of esters is 1. The summed E-state index contributed by atoms with van der Waals surface area (Å²) in [6.07, 6.45) is 4.22. The zero-order valence-electron chi connectivity index (χ0n) is 8.39. The van der Waals surface area contributed by atoms with Gasteiger partial charge in [0.15, 0.2) is 0 Å². The van der Waals surface area contributed by atoms with Crippen LogP contribution in [0.1, 0.15) is 34.1 Å². The van der Waals surface area contributed by atoms with E-state index in [0.29, 0.717) is 6.61 Å². The highest BCUT2D eigenvalue weighted by molar-refractivity contribution is 5.81. The molecule has 0 aromatic carbocycles. The minimum atomic E-state index is -0.244. The highest BCUT2D eigenvalue weighted by Gasteiger charge is 2.05. The van der Waals surface area contributed by atoms with Gasteiger partial charge in [0.2, 0.25) is 0 Å². The summed E-state index contributed by atoms with van der Waals surface area (Å²) in [7, 11) is 0. The van der Waals surface area contributed by atoms with E-state index in [0.717, 1.165) is 6.42 Å².